The first-order valence-electron chi connectivity index (χ1n) is 7.03. The maximum Gasteiger partial charge on any atom is -1.00 e. The predicted molar refractivity (Wildman–Crippen MR) is 75.9 cm³/mol. The van der Waals surface area contributed by atoms with Crippen molar-refractivity contribution in [3.63, 3.8) is 0 Å². The Labute approximate surface area is 148 Å². The molecule has 20 heavy (non-hydrogen) atoms. The largest absolute Gasteiger partial charge is 1.00 e. The van der Waals surface area contributed by atoms with Crippen LogP contribution in [0.25, 0.3) is 0 Å². The molecule has 0 bridgehead atoms. The van der Waals surface area contributed by atoms with Crippen LogP contribution in [-0.2, 0) is 23.2 Å². The number of halogens is 2. The van der Waals surface area contributed by atoms with Crippen molar-refractivity contribution < 1.29 is 48.0 Å². The standard InChI is InChI=1S/C12H19.C5H5.2ClH.Zr/c1-6-7-11-9(2)8-12(4,5)10(11)3;1-2-4-5-3-1;;;/h6-7H2,1-5H3;1-3H,4H2;2*1H;/q;;;;+2/p-2. The quantitative estimate of drug-likeness (QED) is 0.599. The van der Waals surface area contributed by atoms with Gasteiger partial charge in [-0.3, -0.25) is 0 Å². The molecule has 2 aliphatic carbocycles. The van der Waals surface area contributed by atoms with Crippen molar-refractivity contribution in [2.75, 3.05) is 0 Å². The molecule has 0 nitrogen and oxygen atoms in total. The van der Waals surface area contributed by atoms with E-state index < -0.39 is 23.2 Å². The van der Waals surface area contributed by atoms with Crippen LogP contribution in [0.1, 0.15) is 53.9 Å². The van der Waals surface area contributed by atoms with E-state index in [4.69, 9.17) is 0 Å². The van der Waals surface area contributed by atoms with Gasteiger partial charge in [-0.2, -0.15) is 0 Å². The van der Waals surface area contributed by atoms with Gasteiger partial charge in [0.15, 0.2) is 0 Å². The van der Waals surface area contributed by atoms with Crippen molar-refractivity contribution >= 4 is 0 Å². The zero-order chi connectivity index (χ0) is 13.3. The van der Waals surface area contributed by atoms with Gasteiger partial charge in [-0.1, -0.05) is 0 Å². The normalized spacial score (nSPS) is 19.6. The van der Waals surface area contributed by atoms with Gasteiger partial charge in [-0.25, -0.2) is 0 Å². The molecule has 2 aliphatic rings. The number of allylic oxidation sites excluding steroid dienone is 8. The minimum Gasteiger partial charge on any atom is -1.00 e. The fourth-order valence-electron chi connectivity index (χ4n) is 3.04. The van der Waals surface area contributed by atoms with Crippen LogP contribution in [0.2, 0.25) is 0 Å². The van der Waals surface area contributed by atoms with Gasteiger partial charge in [-0.15, -0.1) is 0 Å². The molecular weight excluding hydrogens is 366 g/mol. The van der Waals surface area contributed by atoms with E-state index in [1.54, 1.807) is 20.0 Å². The van der Waals surface area contributed by atoms with Crippen LogP contribution >= 0.6 is 0 Å². The van der Waals surface area contributed by atoms with Crippen LogP contribution in [0.5, 0.6) is 0 Å². The molecule has 0 spiro atoms. The Morgan fingerprint density at radius 3 is 2.35 bits per heavy atom. The first-order valence-corrected chi connectivity index (χ1v) is 9.49. The summed E-state index contributed by atoms with van der Waals surface area (Å²) in [6, 6.07) is 0. The van der Waals surface area contributed by atoms with Crippen molar-refractivity contribution in [1.29, 1.82) is 0 Å². The molecule has 0 heterocycles. The van der Waals surface area contributed by atoms with Crippen molar-refractivity contribution in [3.05, 3.63) is 41.5 Å². The van der Waals surface area contributed by atoms with Gasteiger partial charge >= 0.3 is 124 Å². The average molecular weight is 391 g/mol. The third-order valence-electron chi connectivity index (χ3n) is 4.40. The van der Waals surface area contributed by atoms with Crippen LogP contribution < -0.4 is 24.8 Å². The molecule has 0 aromatic carbocycles. The zero-order valence-electron chi connectivity index (χ0n) is 13.1. The third kappa shape index (κ3) is 3.79. The van der Waals surface area contributed by atoms with Gasteiger partial charge in [-0.05, 0) is 0 Å². The molecule has 0 unspecified atom stereocenters. The Morgan fingerprint density at radius 1 is 1.20 bits per heavy atom. The van der Waals surface area contributed by atoms with E-state index >= 15 is 0 Å². The molecule has 0 amide bonds. The molecule has 0 aromatic rings. The van der Waals surface area contributed by atoms with Gasteiger partial charge in [0, 0.05) is 0 Å². The first kappa shape index (κ1) is 20.4. The Balaban J connectivity index is 0.00000180. The van der Waals surface area contributed by atoms with E-state index in [1.165, 1.54) is 19.3 Å². The van der Waals surface area contributed by atoms with Crippen molar-refractivity contribution in [2.45, 2.75) is 53.9 Å². The monoisotopic (exact) mass is 388 g/mol. The molecule has 110 valence electrons. The van der Waals surface area contributed by atoms with Gasteiger partial charge in [0.1, 0.15) is 0 Å². The van der Waals surface area contributed by atoms with Crippen molar-refractivity contribution in [3.8, 4) is 0 Å². The smallest absolute Gasteiger partial charge is 1.00 e. The van der Waals surface area contributed by atoms with Crippen LogP contribution in [-0.4, -0.2) is 0 Å². The van der Waals surface area contributed by atoms with Crippen LogP contribution in [0.15, 0.2) is 41.5 Å². The second kappa shape index (κ2) is 8.16. The first-order chi connectivity index (χ1) is 8.48. The molecule has 0 fully saturated rings. The summed E-state index contributed by atoms with van der Waals surface area (Å²) in [6.07, 6.45) is 10.7. The Bertz CT molecular complexity index is 479. The van der Waals surface area contributed by atoms with Gasteiger partial charge in [0.2, 0.25) is 0 Å². The summed E-state index contributed by atoms with van der Waals surface area (Å²) in [7, 11) is 0. The summed E-state index contributed by atoms with van der Waals surface area (Å²) in [6.45, 7) is 11.9. The molecule has 2 rings (SSSR count). The van der Waals surface area contributed by atoms with E-state index in [-0.39, 0.29) is 24.8 Å². The molecular formula is C17H24Cl2Zr. The van der Waals surface area contributed by atoms with Gasteiger partial charge in [0.25, 0.3) is 0 Å². The Kier molecular flexibility index (Phi) is 8.33. The summed E-state index contributed by atoms with van der Waals surface area (Å²) in [5.41, 5.74) is 5.30. The molecule has 0 atom stereocenters. The van der Waals surface area contributed by atoms with E-state index in [0.717, 1.165) is 0 Å². The molecule has 0 saturated heterocycles. The number of hydrogen-bond acceptors (Lipinski definition) is 0. The number of rotatable bonds is 4. The van der Waals surface area contributed by atoms with E-state index in [9.17, 15) is 0 Å². The van der Waals surface area contributed by atoms with E-state index in [2.05, 4.69) is 52.8 Å². The molecule has 0 saturated carbocycles. The van der Waals surface area contributed by atoms with E-state index in [0.29, 0.717) is 5.41 Å². The Hall–Kier alpha value is 0.423. The second-order valence-electron chi connectivity index (χ2n) is 5.93. The molecule has 3 heteroatoms. The fourth-order valence-corrected chi connectivity index (χ4v) is 6.87. The summed E-state index contributed by atoms with van der Waals surface area (Å²) < 4.78 is 3.56. The summed E-state index contributed by atoms with van der Waals surface area (Å²) in [5, 5.41) is 0. The Morgan fingerprint density at radius 2 is 1.85 bits per heavy atom. The van der Waals surface area contributed by atoms with Crippen LogP contribution in [0, 0.1) is 5.41 Å². The molecule has 0 aromatic heterocycles. The molecule has 0 radical (unpaired) electrons. The van der Waals surface area contributed by atoms with Crippen molar-refractivity contribution in [2.24, 2.45) is 5.41 Å². The predicted octanol–water partition coefficient (Wildman–Crippen LogP) is -0.649. The van der Waals surface area contributed by atoms with Crippen LogP contribution in [0.4, 0.5) is 0 Å². The summed E-state index contributed by atoms with van der Waals surface area (Å²) in [4.78, 5) is 0. The third-order valence-corrected chi connectivity index (χ3v) is 9.17. The number of hydrogen-bond donors (Lipinski definition) is 0. The topological polar surface area (TPSA) is 0 Å². The minimum atomic E-state index is -0.544. The minimum absolute atomic E-state index is 0. The van der Waals surface area contributed by atoms with Gasteiger partial charge in [0.05, 0.1) is 0 Å². The summed E-state index contributed by atoms with van der Waals surface area (Å²) in [5.74, 6) is 0. The fraction of sp³-hybridized carbons (Fsp3) is 0.529. The van der Waals surface area contributed by atoms with Crippen molar-refractivity contribution in [1.82, 2.24) is 0 Å². The van der Waals surface area contributed by atoms with E-state index in [1.807, 2.05) is 3.28 Å². The maximum absolute atomic E-state index is 2.44. The maximum atomic E-state index is 2.44. The van der Waals surface area contributed by atoms with Crippen LogP contribution in [0.3, 0.4) is 0 Å². The second-order valence-corrected chi connectivity index (χ2v) is 9.35. The zero-order valence-corrected chi connectivity index (χ0v) is 17.1. The summed E-state index contributed by atoms with van der Waals surface area (Å²) >= 11 is -0.544. The average Bonchev–Trinajstić information content (AvgIpc) is 2.88. The molecule has 0 aliphatic heterocycles. The molecule has 0 N–H and O–H groups in total. The SMILES string of the molecule is CCCC1=C(C)C(C)(C)[C]([Zr+2][C]2=CC=CC2)=C1C.[Cl-].[Cl-]. The van der Waals surface area contributed by atoms with Gasteiger partial charge < -0.3 is 24.8 Å².